The molecule has 1 saturated carbocycles. The lowest BCUT2D eigenvalue weighted by atomic mass is 9.89. The lowest BCUT2D eigenvalue weighted by molar-refractivity contribution is 0.0155. The van der Waals surface area contributed by atoms with Crippen molar-refractivity contribution in [2.75, 3.05) is 0 Å². The van der Waals surface area contributed by atoms with Gasteiger partial charge in [-0.2, -0.15) is 0 Å². The normalized spacial score (nSPS) is 22.8. The van der Waals surface area contributed by atoms with Crippen LogP contribution < -0.4 is 0 Å². The number of carbonyl (C=O) groups excluding carboxylic acids is 1. The van der Waals surface area contributed by atoms with Crippen LogP contribution in [0.1, 0.15) is 43.0 Å². The molecule has 1 fully saturated rings. The van der Waals surface area contributed by atoms with E-state index in [9.17, 15) is 13.2 Å². The van der Waals surface area contributed by atoms with Gasteiger partial charge in [0.25, 0.3) is 9.05 Å². The van der Waals surface area contributed by atoms with Gasteiger partial charge >= 0.3 is 5.97 Å². The molecule has 2 unspecified atom stereocenters. The topological polar surface area (TPSA) is 60.4 Å². The van der Waals surface area contributed by atoms with Crippen molar-refractivity contribution in [3.8, 4) is 0 Å². The molecule has 0 bridgehead atoms. The van der Waals surface area contributed by atoms with Crippen molar-refractivity contribution in [3.63, 3.8) is 0 Å². The summed E-state index contributed by atoms with van der Waals surface area (Å²) in [6, 6.07) is 4.24. The minimum absolute atomic E-state index is 0.0963. The molecule has 1 aromatic rings. The van der Waals surface area contributed by atoms with E-state index in [0.717, 1.165) is 25.7 Å². The van der Waals surface area contributed by atoms with Gasteiger partial charge in [-0.25, -0.2) is 13.2 Å². The molecule has 0 amide bonds. The fourth-order valence-electron chi connectivity index (χ4n) is 2.52. The maximum absolute atomic E-state index is 12.1. The summed E-state index contributed by atoms with van der Waals surface area (Å²) in [6.07, 6.45) is 3.80. The van der Waals surface area contributed by atoms with Crippen molar-refractivity contribution in [2.24, 2.45) is 5.92 Å². The Balaban J connectivity index is 2.16. The molecule has 0 radical (unpaired) electrons. The van der Waals surface area contributed by atoms with Crippen LogP contribution in [-0.2, 0) is 13.8 Å². The zero-order valence-corrected chi connectivity index (χ0v) is 14.7. The van der Waals surface area contributed by atoms with Gasteiger partial charge in [0.2, 0.25) is 0 Å². The van der Waals surface area contributed by atoms with E-state index < -0.39 is 15.0 Å². The molecular weight excluding hydrogens is 380 g/mol. The molecule has 1 aromatic carbocycles. The summed E-state index contributed by atoms with van der Waals surface area (Å²) >= 11 is 3.11. The van der Waals surface area contributed by atoms with E-state index in [1.165, 1.54) is 18.2 Å². The third-order valence-electron chi connectivity index (χ3n) is 3.59. The van der Waals surface area contributed by atoms with Crippen LogP contribution in [-0.4, -0.2) is 20.5 Å². The number of benzene rings is 1. The zero-order valence-electron chi connectivity index (χ0n) is 11.5. The first-order chi connectivity index (χ1) is 9.77. The first kappa shape index (κ1) is 16.8. The van der Waals surface area contributed by atoms with Crippen molar-refractivity contribution in [3.05, 3.63) is 28.2 Å². The molecule has 0 aliphatic heterocycles. The molecule has 1 aliphatic carbocycles. The summed E-state index contributed by atoms with van der Waals surface area (Å²) in [7, 11) is 1.43. The van der Waals surface area contributed by atoms with Gasteiger partial charge in [0.1, 0.15) is 6.10 Å². The highest BCUT2D eigenvalue weighted by Crippen LogP contribution is 2.29. The number of carbonyl (C=O) groups is 1. The molecule has 1 aliphatic rings. The summed E-state index contributed by atoms with van der Waals surface area (Å²) < 4.78 is 28.7. The molecular formula is C14H16BrClO4S. The van der Waals surface area contributed by atoms with E-state index in [1.54, 1.807) is 0 Å². The Labute approximate surface area is 137 Å². The number of hydrogen-bond acceptors (Lipinski definition) is 4. The van der Waals surface area contributed by atoms with Crippen LogP contribution in [0.15, 0.2) is 27.6 Å². The van der Waals surface area contributed by atoms with E-state index >= 15 is 0 Å². The highest BCUT2D eigenvalue weighted by molar-refractivity contribution is 9.10. The van der Waals surface area contributed by atoms with Crippen molar-refractivity contribution in [1.29, 1.82) is 0 Å². The fraction of sp³-hybridized carbons (Fsp3) is 0.500. The molecule has 7 heteroatoms. The van der Waals surface area contributed by atoms with Gasteiger partial charge in [-0.05, 0) is 59.3 Å². The minimum atomic E-state index is -3.91. The number of rotatable bonds is 3. The van der Waals surface area contributed by atoms with Gasteiger partial charge in [-0.15, -0.1) is 0 Å². The van der Waals surface area contributed by atoms with Gasteiger partial charge in [0.05, 0.1) is 10.5 Å². The summed E-state index contributed by atoms with van der Waals surface area (Å²) in [4.78, 5) is 12.0. The highest BCUT2D eigenvalue weighted by Gasteiger charge is 2.24. The fourth-order valence-corrected chi connectivity index (χ4v) is 4.64. The SMILES string of the molecule is CC1CCCC(OC(=O)c2ccc(Br)c(S(=O)(=O)Cl)c2)C1. The van der Waals surface area contributed by atoms with Crippen molar-refractivity contribution >= 4 is 41.6 Å². The predicted octanol–water partition coefficient (Wildman–Crippen LogP) is 4.11. The van der Waals surface area contributed by atoms with Gasteiger partial charge in [0, 0.05) is 15.2 Å². The van der Waals surface area contributed by atoms with E-state index in [2.05, 4.69) is 22.9 Å². The van der Waals surface area contributed by atoms with Crippen LogP contribution in [0.25, 0.3) is 0 Å². The van der Waals surface area contributed by atoms with Gasteiger partial charge in [0.15, 0.2) is 0 Å². The van der Waals surface area contributed by atoms with Crippen LogP contribution in [0, 0.1) is 5.92 Å². The van der Waals surface area contributed by atoms with E-state index in [4.69, 9.17) is 15.4 Å². The molecule has 2 atom stereocenters. The third kappa shape index (κ3) is 4.44. The largest absolute Gasteiger partial charge is 0.459 e. The highest BCUT2D eigenvalue weighted by atomic mass is 79.9. The molecule has 0 heterocycles. The second-order valence-electron chi connectivity index (χ2n) is 5.38. The summed E-state index contributed by atoms with van der Waals surface area (Å²) in [5.74, 6) is 0.0309. The average Bonchev–Trinajstić information content (AvgIpc) is 2.37. The van der Waals surface area contributed by atoms with Crippen molar-refractivity contribution < 1.29 is 17.9 Å². The van der Waals surface area contributed by atoms with Crippen molar-refractivity contribution in [1.82, 2.24) is 0 Å². The average molecular weight is 396 g/mol. The van der Waals surface area contributed by atoms with Crippen LogP contribution in [0.2, 0.25) is 0 Å². The number of ether oxygens (including phenoxy) is 1. The summed E-state index contributed by atoms with van der Waals surface area (Å²) in [6.45, 7) is 2.14. The second kappa shape index (κ2) is 6.67. The van der Waals surface area contributed by atoms with Gasteiger partial charge in [-0.3, -0.25) is 0 Å². The maximum Gasteiger partial charge on any atom is 0.338 e. The Morgan fingerprint density at radius 1 is 1.38 bits per heavy atom. The quantitative estimate of drug-likeness (QED) is 0.571. The standard InChI is InChI=1S/C14H16BrClO4S/c1-9-3-2-4-11(7-9)20-14(17)10-5-6-12(15)13(8-10)21(16,18)19/h5-6,8-9,11H,2-4,7H2,1H3. The lowest BCUT2D eigenvalue weighted by Gasteiger charge is -2.26. The first-order valence-electron chi connectivity index (χ1n) is 6.72. The summed E-state index contributed by atoms with van der Waals surface area (Å²) in [5, 5.41) is 0. The lowest BCUT2D eigenvalue weighted by Crippen LogP contribution is -2.24. The molecule has 116 valence electrons. The molecule has 2 rings (SSSR count). The van der Waals surface area contributed by atoms with Crippen LogP contribution in [0.3, 0.4) is 0 Å². The van der Waals surface area contributed by atoms with Gasteiger partial charge in [-0.1, -0.05) is 13.3 Å². The minimum Gasteiger partial charge on any atom is -0.459 e. The van der Waals surface area contributed by atoms with Crippen LogP contribution in [0.5, 0.6) is 0 Å². The molecule has 0 aromatic heterocycles. The molecule has 0 spiro atoms. The van der Waals surface area contributed by atoms with E-state index in [0.29, 0.717) is 10.4 Å². The zero-order chi connectivity index (χ0) is 15.6. The number of esters is 1. The Kier molecular flexibility index (Phi) is 5.33. The van der Waals surface area contributed by atoms with Gasteiger partial charge < -0.3 is 4.74 Å². The Morgan fingerprint density at radius 3 is 2.71 bits per heavy atom. The number of hydrogen-bond donors (Lipinski definition) is 0. The molecule has 0 saturated heterocycles. The third-order valence-corrected chi connectivity index (χ3v) is 5.91. The van der Waals surface area contributed by atoms with E-state index in [-0.39, 0.29) is 16.6 Å². The smallest absolute Gasteiger partial charge is 0.338 e. The predicted molar refractivity (Wildman–Crippen MR) is 84.0 cm³/mol. The summed E-state index contributed by atoms with van der Waals surface area (Å²) in [5.41, 5.74) is 0.190. The Bertz CT molecular complexity index is 644. The van der Waals surface area contributed by atoms with Crippen molar-refractivity contribution in [2.45, 2.75) is 43.6 Å². The maximum atomic E-state index is 12.1. The molecule has 4 nitrogen and oxygen atoms in total. The molecule has 0 N–H and O–H groups in total. The Hall–Kier alpha value is -0.590. The van der Waals surface area contributed by atoms with Crippen LogP contribution in [0.4, 0.5) is 0 Å². The second-order valence-corrected chi connectivity index (χ2v) is 8.77. The number of halogens is 2. The Morgan fingerprint density at radius 2 is 2.10 bits per heavy atom. The van der Waals surface area contributed by atoms with Crippen LogP contribution >= 0.6 is 26.6 Å². The first-order valence-corrected chi connectivity index (χ1v) is 9.83. The van der Waals surface area contributed by atoms with E-state index in [1.807, 2.05) is 0 Å². The molecule has 21 heavy (non-hydrogen) atoms. The monoisotopic (exact) mass is 394 g/mol.